The predicted octanol–water partition coefficient (Wildman–Crippen LogP) is 14.7. The van der Waals surface area contributed by atoms with Gasteiger partial charge in [-0.05, 0) is 150 Å². The average molecular weight is 1320 g/mol. The van der Waals surface area contributed by atoms with Crippen molar-refractivity contribution in [1.29, 1.82) is 0 Å². The standard InChI is InChI=1S/C40H32N2O10S2.2C19H18P/c1-4-40(2,3)23-12-16-25(17-13-23)52-31-21-30(41-24-14-18-26(19-15-24)53(46,47)48)33-34-32(28-10-5-6-11-29(28)38(33)44)35(39(45)42-36(31)34)37(43)22-8-7-9-27(20-22)54(49,50)51;2*1-20(17-11-5-2-6-12-17,18-13-7-3-8-14-18)19-15-9-4-10-16-19/h5-21,41H,4H2,1-3H3,(H,42,45)(H,46,47,48)(H,49,50,51);2*2-16H,1H3/q;2*+1/p-1. The Hall–Kier alpha value is -9.75. The lowest BCUT2D eigenvalue weighted by molar-refractivity contribution is -0.274. The van der Waals surface area contributed by atoms with E-state index in [1.54, 1.807) is 36.4 Å². The van der Waals surface area contributed by atoms with Gasteiger partial charge >= 0.3 is 0 Å². The van der Waals surface area contributed by atoms with Crippen molar-refractivity contribution in [3.8, 4) is 28.5 Å². The molecule has 11 aromatic carbocycles. The Morgan fingerprint density at radius 2 is 0.926 bits per heavy atom. The monoisotopic (exact) mass is 1320 g/mol. The average Bonchev–Trinajstić information content (AvgIpc) is 0.707. The number of nitrogens with one attached hydrogen (secondary N) is 1. The van der Waals surface area contributed by atoms with Crippen molar-refractivity contribution in [1.82, 2.24) is 4.98 Å². The number of hydrogen-bond acceptors (Lipinski definition) is 10. The molecule has 1 aromatic heterocycles. The van der Waals surface area contributed by atoms with Gasteiger partial charge in [-0.1, -0.05) is 178 Å². The quantitative estimate of drug-likeness (QED) is 0.0470. The summed E-state index contributed by atoms with van der Waals surface area (Å²) in [5.74, 6) is -1.93. The Bertz CT molecular complexity index is 4640. The maximum atomic E-state index is 14.4. The minimum atomic E-state index is -4.71. The summed E-state index contributed by atoms with van der Waals surface area (Å²) >= 11 is 0. The molecule has 12 aromatic rings. The molecule has 0 amide bonds. The molecule has 0 bridgehead atoms. The molecule has 16 heteroatoms. The maximum absolute atomic E-state index is 14.4. The second-order valence-corrected chi connectivity index (χ2v) is 33.4. The molecule has 0 fully saturated rings. The van der Waals surface area contributed by atoms with Crippen LogP contribution in [0.5, 0.6) is 17.4 Å². The summed E-state index contributed by atoms with van der Waals surface area (Å²) in [6.45, 7) is 11.1. The molecule has 94 heavy (non-hydrogen) atoms. The number of ketones is 2. The zero-order valence-corrected chi connectivity index (χ0v) is 55.6. The second-order valence-electron chi connectivity index (χ2n) is 23.4. The predicted molar refractivity (Wildman–Crippen MR) is 381 cm³/mol. The number of fused-ring (bicyclic) bond motifs is 2. The van der Waals surface area contributed by atoms with Gasteiger partial charge in [-0.25, -0.2) is 0 Å². The molecular weight excluding hydrogens is 1250 g/mol. The maximum Gasteiger partial charge on any atom is 0.294 e. The van der Waals surface area contributed by atoms with Gasteiger partial charge in [-0.2, -0.15) is 16.8 Å². The van der Waals surface area contributed by atoms with Gasteiger partial charge in [0.25, 0.3) is 20.2 Å². The summed E-state index contributed by atoms with van der Waals surface area (Å²) in [4.78, 5) is 32.1. The third-order valence-electron chi connectivity index (χ3n) is 17.3. The first-order valence-electron chi connectivity index (χ1n) is 30.3. The van der Waals surface area contributed by atoms with Crippen molar-refractivity contribution in [2.24, 2.45) is 0 Å². The van der Waals surface area contributed by atoms with E-state index in [0.29, 0.717) is 11.4 Å². The van der Waals surface area contributed by atoms with E-state index < -0.39 is 62.7 Å². The van der Waals surface area contributed by atoms with Gasteiger partial charge in [0, 0.05) is 39.4 Å². The Labute approximate surface area is 549 Å². The topological polar surface area (TPSA) is 200 Å². The van der Waals surface area contributed by atoms with E-state index in [0.717, 1.165) is 24.1 Å². The Morgan fingerprint density at radius 3 is 1.34 bits per heavy atom. The van der Waals surface area contributed by atoms with Gasteiger partial charge in [-0.3, -0.25) is 23.7 Å². The highest BCUT2D eigenvalue weighted by Gasteiger charge is 2.41. The van der Waals surface area contributed by atoms with Crippen molar-refractivity contribution in [2.75, 3.05) is 18.6 Å². The SMILES string of the molecule is CCC(C)(C)c1ccc(Oc2cc(Nc3ccc(S(=O)(=O)O)cc3)c3c4c(c(C(=O)c5cccc(S(=O)(=O)O)c5)c([O-])nc24)-c2ccccc2C3=O)cc1.C[P+](c1ccccc1)(c1ccccc1)c1ccccc1.C[P+](c1ccccc1)(c1ccccc1)c1ccccc1. The van der Waals surface area contributed by atoms with Crippen molar-refractivity contribution in [2.45, 2.75) is 42.4 Å². The lowest BCUT2D eigenvalue weighted by atomic mass is 9.80. The van der Waals surface area contributed by atoms with Crippen LogP contribution in [0.4, 0.5) is 11.4 Å². The largest absolute Gasteiger partial charge is 0.858 e. The van der Waals surface area contributed by atoms with E-state index in [1.807, 2.05) is 12.1 Å². The van der Waals surface area contributed by atoms with Crippen LogP contribution in [-0.2, 0) is 25.7 Å². The fourth-order valence-electron chi connectivity index (χ4n) is 11.7. The van der Waals surface area contributed by atoms with Crippen LogP contribution in [0.2, 0.25) is 0 Å². The van der Waals surface area contributed by atoms with Crippen LogP contribution in [0.15, 0.2) is 295 Å². The number of hydrogen-bond donors (Lipinski definition) is 3. The van der Waals surface area contributed by atoms with Crippen LogP contribution in [0.1, 0.15) is 64.6 Å². The zero-order valence-electron chi connectivity index (χ0n) is 52.2. The van der Waals surface area contributed by atoms with Gasteiger partial charge in [0.1, 0.15) is 57.6 Å². The van der Waals surface area contributed by atoms with Crippen LogP contribution >= 0.6 is 14.5 Å². The van der Waals surface area contributed by atoms with Crippen molar-refractivity contribution in [3.63, 3.8) is 0 Å². The molecule has 12 nitrogen and oxygen atoms in total. The molecule has 0 spiro atoms. The van der Waals surface area contributed by atoms with E-state index in [-0.39, 0.29) is 60.5 Å². The number of rotatable bonds is 16. The third kappa shape index (κ3) is 13.5. The van der Waals surface area contributed by atoms with Crippen LogP contribution < -0.4 is 47.0 Å². The highest BCUT2D eigenvalue weighted by molar-refractivity contribution is 7.95. The first kappa shape index (κ1) is 65.7. The van der Waals surface area contributed by atoms with Crippen LogP contribution in [0.3, 0.4) is 0 Å². The lowest BCUT2D eigenvalue weighted by Crippen LogP contribution is -2.30. The number of anilines is 2. The van der Waals surface area contributed by atoms with Crippen LogP contribution in [-0.4, -0.2) is 55.8 Å². The van der Waals surface area contributed by atoms with Gasteiger partial charge in [0.15, 0.2) is 17.3 Å². The molecule has 1 heterocycles. The lowest BCUT2D eigenvalue weighted by Gasteiger charge is -2.28. The van der Waals surface area contributed by atoms with Gasteiger partial charge in [-0.15, -0.1) is 0 Å². The van der Waals surface area contributed by atoms with E-state index >= 15 is 0 Å². The fraction of sp³-hybridized carbons (Fsp3) is 0.0897. The number of carbonyl (C=O) groups excluding carboxylic acids is 2. The summed E-state index contributed by atoms with van der Waals surface area (Å²) in [5, 5.41) is 25.9. The molecular formula is C78H67N2O10P2S2+. The number of carbonyl (C=O) groups is 2. The molecule has 0 atom stereocenters. The molecule has 0 saturated heterocycles. The Balaban J connectivity index is 0.000000182. The third-order valence-corrected chi connectivity index (χ3v) is 27.0. The molecule has 0 saturated carbocycles. The molecule has 1 aliphatic carbocycles. The minimum Gasteiger partial charge on any atom is -0.858 e. The zero-order chi connectivity index (χ0) is 66.4. The van der Waals surface area contributed by atoms with E-state index in [4.69, 9.17) is 4.74 Å². The number of benzene rings is 11. The molecule has 3 N–H and O–H groups in total. The highest BCUT2D eigenvalue weighted by atomic mass is 32.2. The summed E-state index contributed by atoms with van der Waals surface area (Å²) in [6, 6.07) is 90.2. The normalized spacial score (nSPS) is 12.1. The number of aromatic nitrogens is 1. The second kappa shape index (κ2) is 27.4. The van der Waals surface area contributed by atoms with Gasteiger partial charge in [0.2, 0.25) is 0 Å². The molecule has 0 radical (unpaired) electrons. The highest BCUT2D eigenvalue weighted by Crippen LogP contribution is 2.53. The molecule has 470 valence electrons. The molecule has 0 aliphatic heterocycles. The van der Waals surface area contributed by atoms with E-state index in [1.165, 1.54) is 74.3 Å². The van der Waals surface area contributed by atoms with E-state index in [2.05, 4.69) is 226 Å². The molecule has 1 aliphatic rings. The molecule has 13 rings (SSSR count). The first-order valence-corrected chi connectivity index (χ1v) is 37.6. The van der Waals surface area contributed by atoms with Crippen molar-refractivity contribution >= 4 is 100 Å². The number of pyridine rings is 1. The van der Waals surface area contributed by atoms with E-state index in [9.17, 15) is 40.6 Å². The van der Waals surface area contributed by atoms with Crippen molar-refractivity contribution < 1.29 is 45.4 Å². The van der Waals surface area contributed by atoms with Crippen LogP contribution in [0, 0.1) is 0 Å². The van der Waals surface area contributed by atoms with Crippen molar-refractivity contribution in [3.05, 3.63) is 313 Å². The van der Waals surface area contributed by atoms with Gasteiger partial charge < -0.3 is 15.2 Å². The fourth-order valence-corrected chi connectivity index (χ4v) is 19.1. The Morgan fingerprint density at radius 1 is 0.511 bits per heavy atom. The van der Waals surface area contributed by atoms with Gasteiger partial charge in [0.05, 0.1) is 34.4 Å². The Kier molecular flexibility index (Phi) is 19.2. The summed E-state index contributed by atoms with van der Waals surface area (Å²) in [5.41, 5.74) is 1.23. The van der Waals surface area contributed by atoms with Crippen LogP contribution in [0.25, 0.3) is 22.0 Å². The smallest absolute Gasteiger partial charge is 0.294 e. The summed E-state index contributed by atoms with van der Waals surface area (Å²) in [6.07, 6.45) is 0.884. The summed E-state index contributed by atoms with van der Waals surface area (Å²) in [7, 11) is -12.3. The minimum absolute atomic E-state index is 0.0261. The molecule has 0 unspecified atom stereocenters. The number of nitrogens with zero attached hydrogens (tertiary/aromatic N) is 1. The first-order chi connectivity index (χ1) is 45.1. The summed E-state index contributed by atoms with van der Waals surface area (Å²) < 4.78 is 72.9. The number of ether oxygens (including phenoxy) is 1.